The number of hydrogen-bond acceptors (Lipinski definition) is 3. The fraction of sp³-hybridized carbons (Fsp3) is 0.409. The van der Waals surface area contributed by atoms with Crippen LogP contribution in [0.4, 0.5) is 4.39 Å². The molecule has 1 aliphatic carbocycles. The third kappa shape index (κ3) is 4.21. The number of carbonyl (C=O) groups excluding carboxylic acids is 1. The van der Waals surface area contributed by atoms with Crippen LogP contribution in [0.1, 0.15) is 48.0 Å². The van der Waals surface area contributed by atoms with Gasteiger partial charge in [0.15, 0.2) is 0 Å². The molecule has 2 fully saturated rings. The van der Waals surface area contributed by atoms with Crippen molar-refractivity contribution >= 4 is 15.9 Å². The standard InChI is InChI=1S/C22H25FN2O3S/c23-19-8-6-18(7-9-19)22(12-13-22)16-24-21(26)17-4-10-20(11-5-17)29(27,28)25-14-2-1-3-15-25/h4-11H,1-3,12-16H2,(H,24,26). The zero-order chi connectivity index (χ0) is 20.5. The molecule has 0 radical (unpaired) electrons. The third-order valence-corrected chi connectivity index (χ3v) is 7.88. The number of rotatable bonds is 6. The van der Waals surface area contributed by atoms with Gasteiger partial charge in [-0.25, -0.2) is 12.8 Å². The molecule has 1 amide bonds. The summed E-state index contributed by atoms with van der Waals surface area (Å²) < 4.78 is 40.1. The van der Waals surface area contributed by atoms with Crippen LogP contribution in [0.5, 0.6) is 0 Å². The topological polar surface area (TPSA) is 66.5 Å². The second-order valence-electron chi connectivity index (χ2n) is 7.96. The van der Waals surface area contributed by atoms with Gasteiger partial charge in [-0.2, -0.15) is 4.31 Å². The Hall–Kier alpha value is -2.25. The molecule has 2 aromatic carbocycles. The SMILES string of the molecule is O=C(NCC1(c2ccc(F)cc2)CC1)c1ccc(S(=O)(=O)N2CCCCC2)cc1. The number of hydrogen-bond donors (Lipinski definition) is 1. The maximum Gasteiger partial charge on any atom is 0.251 e. The Morgan fingerprint density at radius 3 is 2.17 bits per heavy atom. The summed E-state index contributed by atoms with van der Waals surface area (Å²) >= 11 is 0. The van der Waals surface area contributed by atoms with E-state index in [4.69, 9.17) is 0 Å². The highest BCUT2D eigenvalue weighted by molar-refractivity contribution is 7.89. The van der Waals surface area contributed by atoms with Crippen molar-refractivity contribution in [2.45, 2.75) is 42.4 Å². The molecule has 0 atom stereocenters. The lowest BCUT2D eigenvalue weighted by molar-refractivity contribution is 0.0949. The first-order valence-electron chi connectivity index (χ1n) is 10.1. The van der Waals surface area contributed by atoms with Gasteiger partial charge in [0.05, 0.1) is 4.90 Å². The molecule has 0 unspecified atom stereocenters. The number of amides is 1. The minimum Gasteiger partial charge on any atom is -0.351 e. The molecule has 4 rings (SSSR count). The number of nitrogens with one attached hydrogen (secondary N) is 1. The van der Waals surface area contributed by atoms with Gasteiger partial charge in [0.2, 0.25) is 10.0 Å². The largest absolute Gasteiger partial charge is 0.351 e. The van der Waals surface area contributed by atoms with Crippen molar-refractivity contribution in [2.24, 2.45) is 0 Å². The molecule has 1 saturated carbocycles. The molecule has 0 spiro atoms. The van der Waals surface area contributed by atoms with Crippen LogP contribution < -0.4 is 5.32 Å². The van der Waals surface area contributed by atoms with Crippen molar-refractivity contribution in [3.63, 3.8) is 0 Å². The van der Waals surface area contributed by atoms with E-state index in [9.17, 15) is 17.6 Å². The molecule has 7 heteroatoms. The van der Waals surface area contributed by atoms with E-state index in [1.165, 1.54) is 28.6 Å². The minimum atomic E-state index is -3.50. The third-order valence-electron chi connectivity index (χ3n) is 5.97. The maximum absolute atomic E-state index is 13.2. The van der Waals surface area contributed by atoms with Crippen LogP contribution in [0.2, 0.25) is 0 Å². The van der Waals surface area contributed by atoms with Gasteiger partial charge in [-0.1, -0.05) is 18.6 Å². The number of halogens is 1. The van der Waals surface area contributed by atoms with Crippen molar-refractivity contribution in [3.8, 4) is 0 Å². The normalized spacial score (nSPS) is 18.9. The number of nitrogens with zero attached hydrogens (tertiary/aromatic N) is 1. The van der Waals surface area contributed by atoms with Gasteiger partial charge in [-0.3, -0.25) is 4.79 Å². The van der Waals surface area contributed by atoms with E-state index in [0.717, 1.165) is 37.7 Å². The average molecular weight is 417 g/mol. The number of piperidine rings is 1. The Morgan fingerprint density at radius 1 is 0.966 bits per heavy atom. The average Bonchev–Trinajstić information content (AvgIpc) is 3.54. The highest BCUT2D eigenvalue weighted by Gasteiger charge is 2.44. The van der Waals surface area contributed by atoms with Gasteiger partial charge < -0.3 is 5.32 Å². The summed E-state index contributed by atoms with van der Waals surface area (Å²) in [5.41, 5.74) is 1.33. The fourth-order valence-electron chi connectivity index (χ4n) is 3.91. The summed E-state index contributed by atoms with van der Waals surface area (Å²) in [5.74, 6) is -0.506. The molecule has 1 N–H and O–H groups in total. The maximum atomic E-state index is 13.2. The van der Waals surface area contributed by atoms with Crippen LogP contribution in [0, 0.1) is 5.82 Å². The highest BCUT2D eigenvalue weighted by atomic mass is 32.2. The second-order valence-corrected chi connectivity index (χ2v) is 9.90. The Morgan fingerprint density at radius 2 is 1.59 bits per heavy atom. The summed E-state index contributed by atoms with van der Waals surface area (Å²) in [4.78, 5) is 12.8. The molecule has 29 heavy (non-hydrogen) atoms. The van der Waals surface area contributed by atoms with E-state index in [2.05, 4.69) is 5.32 Å². The Bertz CT molecular complexity index is 978. The molecule has 0 bridgehead atoms. The van der Waals surface area contributed by atoms with Crippen molar-refractivity contribution in [1.29, 1.82) is 0 Å². The van der Waals surface area contributed by atoms with Gasteiger partial charge in [-0.15, -0.1) is 0 Å². The lowest BCUT2D eigenvalue weighted by Gasteiger charge is -2.25. The number of benzene rings is 2. The van der Waals surface area contributed by atoms with Crippen LogP contribution in [0.15, 0.2) is 53.4 Å². The van der Waals surface area contributed by atoms with Crippen molar-refractivity contribution in [2.75, 3.05) is 19.6 Å². The van der Waals surface area contributed by atoms with Gasteiger partial charge in [0, 0.05) is 30.6 Å². The van der Waals surface area contributed by atoms with Crippen molar-refractivity contribution in [1.82, 2.24) is 9.62 Å². The van der Waals surface area contributed by atoms with Crippen molar-refractivity contribution < 1.29 is 17.6 Å². The van der Waals surface area contributed by atoms with Crippen molar-refractivity contribution in [3.05, 3.63) is 65.5 Å². The first-order chi connectivity index (χ1) is 13.9. The quantitative estimate of drug-likeness (QED) is 0.784. The van der Waals surface area contributed by atoms with Crippen LogP contribution >= 0.6 is 0 Å². The molecule has 1 heterocycles. The summed E-state index contributed by atoms with van der Waals surface area (Å²) in [6, 6.07) is 12.6. The Balaban J connectivity index is 1.40. The lowest BCUT2D eigenvalue weighted by atomic mass is 9.96. The fourth-order valence-corrected chi connectivity index (χ4v) is 5.42. The molecule has 2 aromatic rings. The molecular weight excluding hydrogens is 391 g/mol. The summed E-state index contributed by atoms with van der Waals surface area (Å²) in [5, 5.41) is 2.94. The van der Waals surface area contributed by atoms with Gasteiger partial charge in [0.25, 0.3) is 5.91 Å². The van der Waals surface area contributed by atoms with E-state index < -0.39 is 10.0 Å². The Labute approximate surface area is 171 Å². The predicted octanol–water partition coefficient (Wildman–Crippen LogP) is 3.46. The summed E-state index contributed by atoms with van der Waals surface area (Å²) in [7, 11) is -3.50. The van der Waals surface area contributed by atoms with E-state index >= 15 is 0 Å². The molecule has 2 aliphatic rings. The number of sulfonamides is 1. The van der Waals surface area contributed by atoms with Gasteiger partial charge >= 0.3 is 0 Å². The molecular formula is C22H25FN2O3S. The van der Waals surface area contributed by atoms with Gasteiger partial charge in [0.1, 0.15) is 5.82 Å². The number of carbonyl (C=O) groups is 1. The molecule has 154 valence electrons. The van der Waals surface area contributed by atoms with Gasteiger partial charge in [-0.05, 0) is 67.6 Å². The van der Waals surface area contributed by atoms with Crippen LogP contribution in [0.3, 0.4) is 0 Å². The van der Waals surface area contributed by atoms with E-state index in [1.54, 1.807) is 24.3 Å². The van der Waals surface area contributed by atoms with Crippen LogP contribution in [-0.4, -0.2) is 38.3 Å². The molecule has 0 aromatic heterocycles. The van der Waals surface area contributed by atoms with Crippen LogP contribution in [-0.2, 0) is 15.4 Å². The predicted molar refractivity (Wildman–Crippen MR) is 109 cm³/mol. The van der Waals surface area contributed by atoms with E-state index in [-0.39, 0.29) is 22.0 Å². The van der Waals surface area contributed by atoms with E-state index in [0.29, 0.717) is 25.2 Å². The first kappa shape index (κ1) is 20.0. The summed E-state index contributed by atoms with van der Waals surface area (Å²) in [6.07, 6.45) is 4.73. The smallest absolute Gasteiger partial charge is 0.251 e. The second kappa shape index (κ2) is 7.88. The Kier molecular flexibility index (Phi) is 5.44. The highest BCUT2D eigenvalue weighted by Crippen LogP contribution is 2.47. The zero-order valence-corrected chi connectivity index (χ0v) is 17.1. The molecule has 5 nitrogen and oxygen atoms in total. The monoisotopic (exact) mass is 416 g/mol. The molecule has 1 saturated heterocycles. The summed E-state index contributed by atoms with van der Waals surface area (Å²) in [6.45, 7) is 1.58. The minimum absolute atomic E-state index is 0.124. The zero-order valence-electron chi connectivity index (χ0n) is 16.2. The van der Waals surface area contributed by atoms with Crippen LogP contribution in [0.25, 0.3) is 0 Å². The van der Waals surface area contributed by atoms with E-state index in [1.807, 2.05) is 0 Å². The molecule has 1 aliphatic heterocycles. The lowest BCUT2D eigenvalue weighted by Crippen LogP contribution is -2.35. The first-order valence-corrected chi connectivity index (χ1v) is 11.5.